The average molecular weight is 506 g/mol. The van der Waals surface area contributed by atoms with Crippen molar-refractivity contribution in [2.45, 2.75) is 24.3 Å². The molecule has 0 amide bonds. The van der Waals surface area contributed by atoms with Gasteiger partial charge in [-0.25, -0.2) is 13.4 Å². The number of hydrogen-bond donors (Lipinski definition) is 1. The second-order valence-electron chi connectivity index (χ2n) is 7.29. The molecule has 4 heterocycles. The van der Waals surface area contributed by atoms with Crippen molar-refractivity contribution < 1.29 is 27.2 Å². The summed E-state index contributed by atoms with van der Waals surface area (Å²) in [5.74, 6) is 0.549. The Bertz CT molecular complexity index is 1480. The molecule has 9 nitrogen and oxygen atoms in total. The van der Waals surface area contributed by atoms with Crippen LogP contribution in [-0.4, -0.2) is 31.1 Å². The molecule has 0 bridgehead atoms. The van der Waals surface area contributed by atoms with Gasteiger partial charge in [0, 0.05) is 23.4 Å². The Kier molecular flexibility index (Phi) is 5.57. The predicted molar refractivity (Wildman–Crippen MR) is 120 cm³/mol. The molecule has 4 aromatic rings. The zero-order chi connectivity index (χ0) is 23.2. The molecule has 1 aromatic carbocycles. The first-order valence-corrected chi connectivity index (χ1v) is 12.4. The standard InChI is InChI=1S/C21H16ClN3O6S2/c1-11-18(22)20(31-24-11)19(14(26)7-12-4-5-15-16(8-12)30-10-29-15)25-33(27,28)17-9-32-21-13(17)3-2-6-23-21/h2-6,8-9,19,25H,7,10H2,1H3. The van der Waals surface area contributed by atoms with Crippen LogP contribution in [0.4, 0.5) is 0 Å². The highest BCUT2D eigenvalue weighted by molar-refractivity contribution is 7.90. The number of ether oxygens (including phenoxy) is 2. The van der Waals surface area contributed by atoms with Gasteiger partial charge in [-0.15, -0.1) is 11.3 Å². The second kappa shape index (κ2) is 8.41. The van der Waals surface area contributed by atoms with Crippen molar-refractivity contribution in [2.24, 2.45) is 0 Å². The zero-order valence-electron chi connectivity index (χ0n) is 17.1. The number of aromatic nitrogens is 2. The van der Waals surface area contributed by atoms with Gasteiger partial charge in [0.25, 0.3) is 0 Å². The fraction of sp³-hybridized carbons (Fsp3) is 0.190. The molecule has 33 heavy (non-hydrogen) atoms. The van der Waals surface area contributed by atoms with Gasteiger partial charge in [0.05, 0.1) is 5.69 Å². The fourth-order valence-corrected chi connectivity index (χ4v) is 6.24. The summed E-state index contributed by atoms with van der Waals surface area (Å²) in [7, 11) is -4.14. The van der Waals surface area contributed by atoms with Crippen molar-refractivity contribution in [3.05, 3.63) is 63.9 Å². The number of pyridine rings is 1. The van der Waals surface area contributed by atoms with E-state index >= 15 is 0 Å². The minimum absolute atomic E-state index is 0.0174. The minimum Gasteiger partial charge on any atom is -0.454 e. The normalized spacial score (nSPS) is 14.0. The number of nitrogens with one attached hydrogen (secondary N) is 1. The Balaban J connectivity index is 1.49. The van der Waals surface area contributed by atoms with Gasteiger partial charge >= 0.3 is 0 Å². The van der Waals surface area contributed by atoms with E-state index in [2.05, 4.69) is 14.9 Å². The van der Waals surface area contributed by atoms with E-state index in [1.165, 1.54) is 16.7 Å². The number of halogens is 1. The minimum atomic E-state index is -4.14. The number of nitrogens with zero attached hydrogens (tertiary/aromatic N) is 2. The van der Waals surface area contributed by atoms with Crippen LogP contribution in [0.2, 0.25) is 5.02 Å². The van der Waals surface area contributed by atoms with Crippen LogP contribution in [0.3, 0.4) is 0 Å². The fourth-order valence-electron chi connectivity index (χ4n) is 3.45. The van der Waals surface area contributed by atoms with Crippen LogP contribution in [0.1, 0.15) is 23.1 Å². The third-order valence-electron chi connectivity index (χ3n) is 5.09. The van der Waals surface area contributed by atoms with Crippen molar-refractivity contribution in [1.29, 1.82) is 0 Å². The van der Waals surface area contributed by atoms with Crippen LogP contribution < -0.4 is 14.2 Å². The molecule has 0 radical (unpaired) electrons. The SMILES string of the molecule is Cc1noc(C(NS(=O)(=O)c2csc3ncccc23)C(=O)Cc2ccc3c(c2)OCO3)c1Cl. The number of thiophene rings is 1. The van der Waals surface area contributed by atoms with Gasteiger partial charge in [0.15, 0.2) is 23.0 Å². The first kappa shape index (κ1) is 21.8. The number of ketones is 1. The van der Waals surface area contributed by atoms with E-state index in [9.17, 15) is 13.2 Å². The van der Waals surface area contributed by atoms with Gasteiger partial charge in [-0.05, 0) is 36.8 Å². The van der Waals surface area contributed by atoms with Gasteiger partial charge in [-0.3, -0.25) is 4.79 Å². The first-order valence-electron chi connectivity index (χ1n) is 9.71. The maximum atomic E-state index is 13.3. The van der Waals surface area contributed by atoms with Crippen LogP contribution in [-0.2, 0) is 21.2 Å². The summed E-state index contributed by atoms with van der Waals surface area (Å²) in [4.78, 5) is 18.1. The largest absolute Gasteiger partial charge is 0.454 e. The number of Topliss-reactive ketones (excluding diaryl/α,β-unsaturated/α-hetero) is 1. The van der Waals surface area contributed by atoms with E-state index in [4.69, 9.17) is 25.6 Å². The maximum Gasteiger partial charge on any atom is 0.243 e. The maximum absolute atomic E-state index is 13.3. The van der Waals surface area contributed by atoms with Gasteiger partial charge in [-0.2, -0.15) is 4.72 Å². The smallest absolute Gasteiger partial charge is 0.243 e. The molecule has 1 N–H and O–H groups in total. The highest BCUT2D eigenvalue weighted by atomic mass is 35.5. The number of aryl methyl sites for hydroxylation is 1. The number of hydrogen-bond acceptors (Lipinski definition) is 9. The van der Waals surface area contributed by atoms with Crippen LogP contribution in [0.5, 0.6) is 11.5 Å². The Morgan fingerprint density at radius 1 is 1.27 bits per heavy atom. The number of rotatable bonds is 7. The number of benzene rings is 1. The molecular weight excluding hydrogens is 490 g/mol. The molecule has 0 fully saturated rings. The second-order valence-corrected chi connectivity index (χ2v) is 10.2. The summed E-state index contributed by atoms with van der Waals surface area (Å²) in [5.41, 5.74) is 0.961. The molecule has 1 aliphatic rings. The Morgan fingerprint density at radius 2 is 2.09 bits per heavy atom. The molecule has 5 rings (SSSR count). The van der Waals surface area contributed by atoms with E-state index in [0.29, 0.717) is 33.0 Å². The molecule has 3 aromatic heterocycles. The van der Waals surface area contributed by atoms with E-state index in [1.54, 1.807) is 43.5 Å². The molecule has 1 unspecified atom stereocenters. The molecular formula is C21H16ClN3O6S2. The van der Waals surface area contributed by atoms with Gasteiger partial charge < -0.3 is 14.0 Å². The molecule has 12 heteroatoms. The Labute approximate surface area is 197 Å². The molecule has 0 aliphatic carbocycles. The van der Waals surface area contributed by atoms with Crippen molar-refractivity contribution >= 4 is 49.0 Å². The molecule has 0 spiro atoms. The molecule has 1 atom stereocenters. The summed E-state index contributed by atoms with van der Waals surface area (Å²) in [6, 6.07) is 7.00. The quantitative estimate of drug-likeness (QED) is 0.402. The van der Waals surface area contributed by atoms with Gasteiger partial charge in [0.2, 0.25) is 16.8 Å². The lowest BCUT2D eigenvalue weighted by molar-refractivity contribution is -0.120. The zero-order valence-corrected chi connectivity index (χ0v) is 19.5. The summed E-state index contributed by atoms with van der Waals surface area (Å²) < 4.78 is 45.0. The van der Waals surface area contributed by atoms with Crippen molar-refractivity contribution in [2.75, 3.05) is 6.79 Å². The van der Waals surface area contributed by atoms with Crippen molar-refractivity contribution in [3.63, 3.8) is 0 Å². The highest BCUT2D eigenvalue weighted by Gasteiger charge is 2.34. The summed E-state index contributed by atoms with van der Waals surface area (Å²) in [6.45, 7) is 1.70. The third kappa shape index (κ3) is 4.08. The Morgan fingerprint density at radius 3 is 2.88 bits per heavy atom. The van der Waals surface area contributed by atoms with Crippen LogP contribution in [0.15, 0.2) is 51.3 Å². The molecule has 170 valence electrons. The monoisotopic (exact) mass is 505 g/mol. The molecule has 1 aliphatic heterocycles. The number of fused-ring (bicyclic) bond motifs is 2. The van der Waals surface area contributed by atoms with Gasteiger partial charge in [-0.1, -0.05) is 22.8 Å². The molecule has 0 saturated heterocycles. The van der Waals surface area contributed by atoms with Crippen LogP contribution in [0, 0.1) is 6.92 Å². The van der Waals surface area contributed by atoms with E-state index < -0.39 is 21.8 Å². The number of carbonyl (C=O) groups excluding carboxylic acids is 1. The number of sulfonamides is 1. The lowest BCUT2D eigenvalue weighted by atomic mass is 10.0. The predicted octanol–water partition coefficient (Wildman–Crippen LogP) is 3.81. The van der Waals surface area contributed by atoms with Gasteiger partial charge in [0.1, 0.15) is 20.8 Å². The summed E-state index contributed by atoms with van der Waals surface area (Å²) in [6.07, 6.45) is 1.48. The lowest BCUT2D eigenvalue weighted by Gasteiger charge is -2.16. The number of carbonyl (C=O) groups is 1. The topological polar surface area (TPSA) is 121 Å². The average Bonchev–Trinajstić information content (AvgIpc) is 3.51. The summed E-state index contributed by atoms with van der Waals surface area (Å²) >= 11 is 7.48. The lowest BCUT2D eigenvalue weighted by Crippen LogP contribution is -2.34. The van der Waals surface area contributed by atoms with Crippen molar-refractivity contribution in [3.8, 4) is 11.5 Å². The van der Waals surface area contributed by atoms with E-state index in [1.807, 2.05) is 0 Å². The molecule has 0 saturated carbocycles. The first-order chi connectivity index (χ1) is 15.8. The summed E-state index contributed by atoms with van der Waals surface area (Å²) in [5, 5.41) is 5.79. The van der Waals surface area contributed by atoms with E-state index in [-0.39, 0.29) is 28.9 Å². The van der Waals surface area contributed by atoms with Crippen LogP contribution >= 0.6 is 22.9 Å². The van der Waals surface area contributed by atoms with Crippen LogP contribution in [0.25, 0.3) is 10.2 Å². The van der Waals surface area contributed by atoms with Crippen molar-refractivity contribution in [1.82, 2.24) is 14.9 Å². The highest BCUT2D eigenvalue weighted by Crippen LogP contribution is 2.35. The Hall–Kier alpha value is -2.99. The van der Waals surface area contributed by atoms with E-state index in [0.717, 1.165) is 0 Å². The third-order valence-corrected chi connectivity index (χ3v) is 8.07.